The van der Waals surface area contributed by atoms with Gasteiger partial charge in [-0.3, -0.25) is 9.52 Å². The zero-order valence-corrected chi connectivity index (χ0v) is 17.9. The number of nitrogens with one attached hydrogen (secondary N) is 2. The highest BCUT2D eigenvalue weighted by Gasteiger charge is 2.16. The van der Waals surface area contributed by atoms with E-state index in [1.165, 1.54) is 65.9 Å². The molecule has 0 aromatic heterocycles. The van der Waals surface area contributed by atoms with Gasteiger partial charge in [-0.2, -0.15) is 0 Å². The molecular formula is C22H21FN2O3S2. The van der Waals surface area contributed by atoms with E-state index >= 15 is 0 Å². The van der Waals surface area contributed by atoms with Gasteiger partial charge in [0, 0.05) is 11.4 Å². The van der Waals surface area contributed by atoms with Crippen molar-refractivity contribution < 1.29 is 17.6 Å². The number of carbonyl (C=O) groups is 1. The third-order valence-corrected chi connectivity index (χ3v) is 6.57. The van der Waals surface area contributed by atoms with Gasteiger partial charge in [-0.25, -0.2) is 12.8 Å². The van der Waals surface area contributed by atoms with Crippen molar-refractivity contribution in [1.82, 2.24) is 0 Å². The molecule has 5 nitrogen and oxygen atoms in total. The van der Waals surface area contributed by atoms with Gasteiger partial charge in [-0.15, -0.1) is 11.8 Å². The Balaban J connectivity index is 1.54. The summed E-state index contributed by atoms with van der Waals surface area (Å²) in [7, 11) is -3.94. The van der Waals surface area contributed by atoms with Gasteiger partial charge in [-0.1, -0.05) is 42.0 Å². The van der Waals surface area contributed by atoms with E-state index < -0.39 is 15.8 Å². The normalized spacial score (nSPS) is 11.1. The second-order valence-corrected chi connectivity index (χ2v) is 9.30. The van der Waals surface area contributed by atoms with Crippen LogP contribution in [0.1, 0.15) is 11.1 Å². The molecule has 8 heteroatoms. The summed E-state index contributed by atoms with van der Waals surface area (Å²) in [5.41, 5.74) is 2.70. The van der Waals surface area contributed by atoms with Crippen LogP contribution in [0.3, 0.4) is 0 Å². The van der Waals surface area contributed by atoms with Crippen molar-refractivity contribution in [2.75, 3.05) is 15.8 Å². The van der Waals surface area contributed by atoms with Gasteiger partial charge in [0.1, 0.15) is 5.82 Å². The van der Waals surface area contributed by atoms with Crippen LogP contribution < -0.4 is 10.0 Å². The van der Waals surface area contributed by atoms with Crippen LogP contribution in [0.5, 0.6) is 0 Å². The van der Waals surface area contributed by atoms with E-state index in [1.54, 1.807) is 0 Å². The molecule has 1 amide bonds. The number of benzene rings is 3. The molecule has 156 valence electrons. The Hall–Kier alpha value is -2.84. The smallest absolute Gasteiger partial charge is 0.261 e. The van der Waals surface area contributed by atoms with Crippen LogP contribution in [0.25, 0.3) is 0 Å². The Kier molecular flexibility index (Phi) is 7.12. The lowest BCUT2D eigenvalue weighted by atomic mass is 10.2. The number of para-hydroxylation sites is 1. The summed E-state index contributed by atoms with van der Waals surface area (Å²) in [6.07, 6.45) is 0. The molecule has 2 N–H and O–H groups in total. The van der Waals surface area contributed by atoms with Crippen molar-refractivity contribution in [2.24, 2.45) is 0 Å². The minimum Gasteiger partial charge on any atom is -0.325 e. The molecule has 0 saturated carbocycles. The first-order chi connectivity index (χ1) is 14.3. The number of rotatable bonds is 8. The Morgan fingerprint density at radius 3 is 2.30 bits per heavy atom. The third-order valence-electron chi connectivity index (χ3n) is 4.19. The number of aryl methyl sites for hydroxylation is 1. The molecule has 0 bridgehead atoms. The molecule has 0 aliphatic carbocycles. The molecule has 3 rings (SSSR count). The predicted octanol–water partition coefficient (Wildman–Crippen LogP) is 4.81. The van der Waals surface area contributed by atoms with E-state index in [4.69, 9.17) is 0 Å². The fourth-order valence-electron chi connectivity index (χ4n) is 2.61. The predicted molar refractivity (Wildman–Crippen MR) is 120 cm³/mol. The molecule has 0 atom stereocenters. The van der Waals surface area contributed by atoms with Crippen LogP contribution >= 0.6 is 11.8 Å². The van der Waals surface area contributed by atoms with Crippen LogP contribution in [-0.2, 0) is 20.6 Å². The highest BCUT2D eigenvalue weighted by Crippen LogP contribution is 2.20. The molecule has 3 aromatic rings. The largest absolute Gasteiger partial charge is 0.325 e. The molecule has 0 saturated heterocycles. The fourth-order valence-corrected chi connectivity index (χ4v) is 4.46. The fraction of sp³-hybridized carbons (Fsp3) is 0.136. The zero-order valence-electron chi connectivity index (χ0n) is 16.3. The average molecular weight is 445 g/mol. The number of hydrogen-bond donors (Lipinski definition) is 2. The summed E-state index contributed by atoms with van der Waals surface area (Å²) in [5, 5.41) is 2.74. The molecule has 0 heterocycles. The minimum absolute atomic E-state index is 0.0301. The standard InChI is InChI=1S/C22H21FN2O3S2/c1-16-6-8-17(9-7-16)14-29-15-22(26)24-18-10-12-19(13-11-18)30(27,28)25-21-5-3-2-4-20(21)23/h2-13,25H,14-15H2,1H3,(H,24,26). The summed E-state index contributed by atoms with van der Waals surface area (Å²) in [6.45, 7) is 2.02. The van der Waals surface area contributed by atoms with E-state index in [2.05, 4.69) is 10.0 Å². The van der Waals surface area contributed by atoms with E-state index in [-0.39, 0.29) is 22.2 Å². The summed E-state index contributed by atoms with van der Waals surface area (Å²) in [5.74, 6) is 0.176. The van der Waals surface area contributed by atoms with Crippen LogP contribution in [0.2, 0.25) is 0 Å². The van der Waals surface area contributed by atoms with Gasteiger partial charge in [0.15, 0.2) is 0 Å². The van der Waals surface area contributed by atoms with E-state index in [0.717, 1.165) is 11.3 Å². The summed E-state index contributed by atoms with van der Waals surface area (Å²) in [4.78, 5) is 12.1. The van der Waals surface area contributed by atoms with Crippen molar-refractivity contribution in [3.63, 3.8) is 0 Å². The van der Waals surface area contributed by atoms with Crippen molar-refractivity contribution in [3.05, 3.63) is 89.7 Å². The maximum absolute atomic E-state index is 13.7. The Bertz CT molecular complexity index is 1120. The molecule has 30 heavy (non-hydrogen) atoms. The van der Waals surface area contributed by atoms with E-state index in [0.29, 0.717) is 5.69 Å². The highest BCUT2D eigenvalue weighted by molar-refractivity contribution is 7.99. The Morgan fingerprint density at radius 2 is 1.63 bits per heavy atom. The lowest BCUT2D eigenvalue weighted by Crippen LogP contribution is -2.15. The number of carbonyl (C=O) groups excluding carboxylic acids is 1. The molecule has 0 aliphatic rings. The molecule has 0 aliphatic heterocycles. The maximum atomic E-state index is 13.7. The lowest BCUT2D eigenvalue weighted by molar-refractivity contribution is -0.113. The van der Waals surface area contributed by atoms with Crippen molar-refractivity contribution in [2.45, 2.75) is 17.6 Å². The Morgan fingerprint density at radius 1 is 0.967 bits per heavy atom. The van der Waals surface area contributed by atoms with Gasteiger partial charge in [0.05, 0.1) is 16.3 Å². The zero-order chi connectivity index (χ0) is 21.6. The maximum Gasteiger partial charge on any atom is 0.261 e. The number of sulfonamides is 1. The number of amides is 1. The van der Waals surface area contributed by atoms with Crippen LogP contribution in [0, 0.1) is 12.7 Å². The molecule has 0 unspecified atom stereocenters. The molecular weight excluding hydrogens is 423 g/mol. The summed E-state index contributed by atoms with van der Waals surface area (Å²) < 4.78 is 40.7. The quantitative estimate of drug-likeness (QED) is 0.523. The van der Waals surface area contributed by atoms with Gasteiger partial charge >= 0.3 is 0 Å². The highest BCUT2D eigenvalue weighted by atomic mass is 32.2. The number of halogens is 1. The summed E-state index contributed by atoms with van der Waals surface area (Å²) >= 11 is 1.50. The molecule has 0 spiro atoms. The van der Waals surface area contributed by atoms with Gasteiger partial charge in [0.25, 0.3) is 10.0 Å². The summed E-state index contributed by atoms with van der Waals surface area (Å²) in [6, 6.07) is 19.4. The first-order valence-electron chi connectivity index (χ1n) is 9.14. The monoisotopic (exact) mass is 444 g/mol. The van der Waals surface area contributed by atoms with Crippen LogP contribution in [0.4, 0.5) is 15.8 Å². The Labute approximate surface area is 179 Å². The number of thioether (sulfide) groups is 1. The van der Waals surface area contributed by atoms with E-state index in [9.17, 15) is 17.6 Å². The number of hydrogen-bond acceptors (Lipinski definition) is 4. The second kappa shape index (κ2) is 9.77. The first kappa shape index (κ1) is 21.9. The van der Waals surface area contributed by atoms with Crippen molar-refractivity contribution >= 4 is 39.1 Å². The number of anilines is 2. The minimum atomic E-state index is -3.94. The van der Waals surface area contributed by atoms with Gasteiger partial charge in [0.2, 0.25) is 5.91 Å². The average Bonchev–Trinajstić information content (AvgIpc) is 2.71. The van der Waals surface area contributed by atoms with E-state index in [1.807, 2.05) is 31.2 Å². The molecule has 0 fully saturated rings. The SMILES string of the molecule is Cc1ccc(CSCC(=O)Nc2ccc(S(=O)(=O)Nc3ccccc3F)cc2)cc1. The van der Waals surface area contributed by atoms with Gasteiger partial charge in [-0.05, 0) is 48.9 Å². The van der Waals surface area contributed by atoms with Gasteiger partial charge < -0.3 is 5.32 Å². The topological polar surface area (TPSA) is 75.3 Å². The van der Waals surface area contributed by atoms with Crippen LogP contribution in [0.15, 0.2) is 77.7 Å². The first-order valence-corrected chi connectivity index (χ1v) is 11.8. The van der Waals surface area contributed by atoms with Crippen molar-refractivity contribution in [3.8, 4) is 0 Å². The second-order valence-electron chi connectivity index (χ2n) is 6.64. The molecule has 0 radical (unpaired) electrons. The lowest BCUT2D eigenvalue weighted by Gasteiger charge is -2.10. The van der Waals surface area contributed by atoms with Crippen LogP contribution in [-0.4, -0.2) is 20.1 Å². The molecule has 3 aromatic carbocycles. The van der Waals surface area contributed by atoms with Crippen molar-refractivity contribution in [1.29, 1.82) is 0 Å². The third kappa shape index (κ3) is 6.08.